The number of hydrogen-bond acceptors (Lipinski definition) is 7. The molecule has 0 spiro atoms. The van der Waals surface area contributed by atoms with Gasteiger partial charge in [-0.15, -0.1) is 0 Å². The zero-order valence-electron chi connectivity index (χ0n) is 13.6. The number of anilines is 1. The molecule has 22 heavy (non-hydrogen) atoms. The molecule has 0 saturated carbocycles. The molecule has 0 aliphatic carbocycles. The highest BCUT2D eigenvalue weighted by Crippen LogP contribution is 2.25. The SMILES string of the molecule is CC(C)c1nc(CN2CCc3ncnc(N(C)C)c3C2)no1. The van der Waals surface area contributed by atoms with Crippen molar-refractivity contribution in [3.63, 3.8) is 0 Å². The molecule has 1 aliphatic rings. The van der Waals surface area contributed by atoms with Crippen LogP contribution < -0.4 is 4.90 Å². The third-order valence-electron chi connectivity index (χ3n) is 3.82. The fourth-order valence-corrected chi connectivity index (χ4v) is 2.67. The summed E-state index contributed by atoms with van der Waals surface area (Å²) in [5.74, 6) is 2.70. The molecule has 2 aromatic heterocycles. The van der Waals surface area contributed by atoms with Crippen molar-refractivity contribution in [3.8, 4) is 0 Å². The summed E-state index contributed by atoms with van der Waals surface area (Å²) in [4.78, 5) is 17.6. The van der Waals surface area contributed by atoms with Crippen LogP contribution in [0.25, 0.3) is 0 Å². The molecule has 0 fully saturated rings. The largest absolute Gasteiger partial charge is 0.362 e. The van der Waals surface area contributed by atoms with Gasteiger partial charge in [-0.25, -0.2) is 9.97 Å². The standard InChI is InChI=1S/C15H22N6O/c1-10(2)15-18-13(19-22-15)8-21-6-5-12-11(7-21)14(20(3)4)17-9-16-12/h9-10H,5-8H2,1-4H3. The maximum absolute atomic E-state index is 5.28. The third kappa shape index (κ3) is 2.94. The van der Waals surface area contributed by atoms with Crippen molar-refractivity contribution in [1.29, 1.82) is 0 Å². The number of hydrogen-bond donors (Lipinski definition) is 0. The van der Waals surface area contributed by atoms with Gasteiger partial charge in [-0.3, -0.25) is 4.90 Å². The molecule has 3 heterocycles. The second kappa shape index (κ2) is 6.00. The van der Waals surface area contributed by atoms with Crippen LogP contribution in [-0.2, 0) is 19.5 Å². The Morgan fingerprint density at radius 1 is 1.32 bits per heavy atom. The summed E-state index contributed by atoms with van der Waals surface area (Å²) in [5.41, 5.74) is 2.34. The predicted octanol–water partition coefficient (Wildman–Crippen LogP) is 1.61. The van der Waals surface area contributed by atoms with Gasteiger partial charge in [0.25, 0.3) is 0 Å². The number of fused-ring (bicyclic) bond motifs is 1. The molecule has 0 radical (unpaired) electrons. The topological polar surface area (TPSA) is 71.2 Å². The fourth-order valence-electron chi connectivity index (χ4n) is 2.67. The van der Waals surface area contributed by atoms with E-state index in [1.807, 2.05) is 19.0 Å². The molecule has 7 nitrogen and oxygen atoms in total. The van der Waals surface area contributed by atoms with Gasteiger partial charge in [-0.1, -0.05) is 19.0 Å². The molecule has 0 amide bonds. The minimum absolute atomic E-state index is 0.261. The minimum atomic E-state index is 0.261. The summed E-state index contributed by atoms with van der Waals surface area (Å²) >= 11 is 0. The van der Waals surface area contributed by atoms with Crippen LogP contribution in [0.3, 0.4) is 0 Å². The van der Waals surface area contributed by atoms with E-state index in [1.165, 1.54) is 5.56 Å². The Morgan fingerprint density at radius 2 is 2.14 bits per heavy atom. The quantitative estimate of drug-likeness (QED) is 0.849. The average Bonchev–Trinajstić information content (AvgIpc) is 2.95. The molecule has 0 unspecified atom stereocenters. The van der Waals surface area contributed by atoms with Crippen LogP contribution in [0.5, 0.6) is 0 Å². The molecule has 118 valence electrons. The van der Waals surface area contributed by atoms with E-state index in [0.717, 1.165) is 36.8 Å². The Morgan fingerprint density at radius 3 is 2.82 bits per heavy atom. The highest BCUT2D eigenvalue weighted by molar-refractivity contribution is 5.48. The first kappa shape index (κ1) is 14.9. The molecule has 0 saturated heterocycles. The minimum Gasteiger partial charge on any atom is -0.362 e. The van der Waals surface area contributed by atoms with Crippen LogP contribution in [0.2, 0.25) is 0 Å². The molecular weight excluding hydrogens is 280 g/mol. The molecule has 0 N–H and O–H groups in total. The lowest BCUT2D eigenvalue weighted by Gasteiger charge is -2.29. The van der Waals surface area contributed by atoms with Crippen molar-refractivity contribution < 1.29 is 4.52 Å². The molecule has 7 heteroatoms. The van der Waals surface area contributed by atoms with Crippen molar-refractivity contribution in [2.24, 2.45) is 0 Å². The van der Waals surface area contributed by atoms with Crippen LogP contribution in [-0.4, -0.2) is 45.6 Å². The normalized spacial score (nSPS) is 15.1. The third-order valence-corrected chi connectivity index (χ3v) is 3.82. The van der Waals surface area contributed by atoms with E-state index >= 15 is 0 Å². The first-order chi connectivity index (χ1) is 10.5. The summed E-state index contributed by atoms with van der Waals surface area (Å²) in [7, 11) is 4.02. The Labute approximate surface area is 130 Å². The number of aromatic nitrogens is 4. The summed E-state index contributed by atoms with van der Waals surface area (Å²) in [6, 6.07) is 0. The van der Waals surface area contributed by atoms with Crippen molar-refractivity contribution >= 4 is 5.82 Å². The zero-order valence-corrected chi connectivity index (χ0v) is 13.6. The Balaban J connectivity index is 1.76. The maximum atomic E-state index is 5.28. The molecule has 0 aromatic carbocycles. The lowest BCUT2D eigenvalue weighted by Crippen LogP contribution is -2.32. The van der Waals surface area contributed by atoms with Crippen LogP contribution in [0.4, 0.5) is 5.82 Å². The number of nitrogens with zero attached hydrogens (tertiary/aromatic N) is 6. The zero-order chi connectivity index (χ0) is 15.7. The molecule has 0 bridgehead atoms. The second-order valence-corrected chi connectivity index (χ2v) is 6.18. The van der Waals surface area contributed by atoms with E-state index in [2.05, 4.69) is 38.9 Å². The number of rotatable bonds is 4. The van der Waals surface area contributed by atoms with Gasteiger partial charge < -0.3 is 9.42 Å². The molecule has 1 aliphatic heterocycles. The monoisotopic (exact) mass is 302 g/mol. The van der Waals surface area contributed by atoms with Crippen molar-refractivity contribution in [2.75, 3.05) is 25.5 Å². The van der Waals surface area contributed by atoms with Crippen molar-refractivity contribution in [3.05, 3.63) is 29.3 Å². The van der Waals surface area contributed by atoms with Gasteiger partial charge in [0.1, 0.15) is 12.1 Å². The smallest absolute Gasteiger partial charge is 0.229 e. The van der Waals surface area contributed by atoms with Crippen molar-refractivity contribution in [2.45, 2.75) is 39.3 Å². The van der Waals surface area contributed by atoms with E-state index in [0.29, 0.717) is 12.4 Å². The van der Waals surface area contributed by atoms with Crippen LogP contribution in [0.1, 0.15) is 42.7 Å². The first-order valence-electron chi connectivity index (χ1n) is 7.59. The Hall–Kier alpha value is -2.02. The Bertz CT molecular complexity index is 651. The molecular formula is C15H22N6O. The van der Waals surface area contributed by atoms with Gasteiger partial charge >= 0.3 is 0 Å². The van der Waals surface area contributed by atoms with E-state index in [-0.39, 0.29) is 5.92 Å². The predicted molar refractivity (Wildman–Crippen MR) is 82.6 cm³/mol. The van der Waals surface area contributed by atoms with Crippen LogP contribution in [0.15, 0.2) is 10.9 Å². The lowest BCUT2D eigenvalue weighted by molar-refractivity contribution is 0.233. The highest BCUT2D eigenvalue weighted by atomic mass is 16.5. The van der Waals surface area contributed by atoms with Crippen molar-refractivity contribution in [1.82, 2.24) is 25.0 Å². The van der Waals surface area contributed by atoms with Gasteiger partial charge in [0, 0.05) is 45.1 Å². The van der Waals surface area contributed by atoms with E-state index in [9.17, 15) is 0 Å². The maximum Gasteiger partial charge on any atom is 0.229 e. The molecule has 0 atom stereocenters. The van der Waals surface area contributed by atoms with Gasteiger partial charge in [0.05, 0.1) is 12.2 Å². The van der Waals surface area contributed by atoms with Gasteiger partial charge in [0.2, 0.25) is 5.89 Å². The van der Waals surface area contributed by atoms with Gasteiger partial charge in [-0.2, -0.15) is 4.98 Å². The lowest BCUT2D eigenvalue weighted by atomic mass is 10.1. The summed E-state index contributed by atoms with van der Waals surface area (Å²) < 4.78 is 5.28. The molecule has 2 aromatic rings. The fraction of sp³-hybridized carbons (Fsp3) is 0.600. The van der Waals surface area contributed by atoms with E-state index in [4.69, 9.17) is 4.52 Å². The van der Waals surface area contributed by atoms with Gasteiger partial charge in [-0.05, 0) is 0 Å². The average molecular weight is 302 g/mol. The van der Waals surface area contributed by atoms with E-state index in [1.54, 1.807) is 6.33 Å². The highest BCUT2D eigenvalue weighted by Gasteiger charge is 2.23. The van der Waals surface area contributed by atoms with Crippen LogP contribution >= 0.6 is 0 Å². The summed E-state index contributed by atoms with van der Waals surface area (Å²) in [6.07, 6.45) is 2.57. The summed E-state index contributed by atoms with van der Waals surface area (Å²) in [5, 5.41) is 4.08. The first-order valence-corrected chi connectivity index (χ1v) is 7.59. The van der Waals surface area contributed by atoms with Gasteiger partial charge in [0.15, 0.2) is 5.82 Å². The van der Waals surface area contributed by atoms with Crippen LogP contribution in [0, 0.1) is 0 Å². The summed E-state index contributed by atoms with van der Waals surface area (Å²) in [6.45, 7) is 6.55. The molecule has 3 rings (SSSR count). The Kier molecular flexibility index (Phi) is 4.06. The van der Waals surface area contributed by atoms with E-state index < -0.39 is 0 Å². The second-order valence-electron chi connectivity index (χ2n) is 6.18.